The summed E-state index contributed by atoms with van der Waals surface area (Å²) in [4.78, 5) is 25.5. The molecule has 1 N–H and O–H groups in total. The molecule has 0 aliphatic rings. The normalized spacial score (nSPS) is 10.3. The van der Waals surface area contributed by atoms with E-state index in [4.69, 9.17) is 4.74 Å². The number of carbonyl (C=O) groups is 2. The largest absolute Gasteiger partial charge is 0.490 e. The molecule has 2 aromatic carbocycles. The Kier molecular flexibility index (Phi) is 7.15. The summed E-state index contributed by atoms with van der Waals surface area (Å²) in [6.07, 6.45) is 0.0510. The van der Waals surface area contributed by atoms with Crippen LogP contribution in [0.25, 0.3) is 0 Å². The van der Waals surface area contributed by atoms with Crippen LogP contribution in [0.15, 0.2) is 46.9 Å². The number of hydrogen-bond donors (Lipinski definition) is 1. The van der Waals surface area contributed by atoms with E-state index in [9.17, 15) is 14.0 Å². The van der Waals surface area contributed by atoms with Crippen LogP contribution in [-0.2, 0) is 9.59 Å². The molecule has 0 spiro atoms. The van der Waals surface area contributed by atoms with Crippen LogP contribution in [0.5, 0.6) is 5.75 Å². The molecule has 138 valence electrons. The Bertz CT molecular complexity index is 798. The molecule has 0 aromatic heterocycles. The fraction of sp³-hybridized carbons (Fsp3) is 0.263. The number of nitrogens with one attached hydrogen (secondary N) is 1. The summed E-state index contributed by atoms with van der Waals surface area (Å²) in [5.74, 6) is -0.922. The fourth-order valence-electron chi connectivity index (χ4n) is 2.26. The number of benzene rings is 2. The highest BCUT2D eigenvalue weighted by molar-refractivity contribution is 9.10. The molecule has 0 saturated heterocycles. The Hall–Kier alpha value is -2.41. The average Bonchev–Trinajstić information content (AvgIpc) is 2.59. The molecular formula is C19H20BrFN2O3. The predicted octanol–water partition coefficient (Wildman–Crippen LogP) is 3.76. The van der Waals surface area contributed by atoms with Crippen LogP contribution in [0.1, 0.15) is 12.0 Å². The standard InChI is InChI=1S/C19H20BrFN2O3/c1-13-11-14(20)7-8-16(13)22-18(24)12-23(2)19(25)9-10-26-17-6-4-3-5-15(17)21/h3-8,11H,9-10,12H2,1-2H3,(H,22,24). The Morgan fingerprint density at radius 3 is 2.65 bits per heavy atom. The topological polar surface area (TPSA) is 58.6 Å². The number of carbonyl (C=O) groups excluding carboxylic acids is 2. The first kappa shape index (κ1) is 19.9. The molecule has 0 atom stereocenters. The van der Waals surface area contributed by atoms with E-state index < -0.39 is 5.82 Å². The van der Waals surface area contributed by atoms with E-state index in [1.165, 1.54) is 17.0 Å². The third-order valence-corrected chi connectivity index (χ3v) is 4.17. The quantitative estimate of drug-likeness (QED) is 0.738. The van der Waals surface area contributed by atoms with Crippen LogP contribution in [0.4, 0.5) is 10.1 Å². The number of nitrogens with zero attached hydrogens (tertiary/aromatic N) is 1. The number of aryl methyl sites for hydroxylation is 1. The van der Waals surface area contributed by atoms with E-state index in [1.54, 1.807) is 25.2 Å². The SMILES string of the molecule is Cc1cc(Br)ccc1NC(=O)CN(C)C(=O)CCOc1ccccc1F. The molecule has 2 aromatic rings. The zero-order chi connectivity index (χ0) is 19.1. The second-order valence-electron chi connectivity index (χ2n) is 5.79. The second kappa shape index (κ2) is 9.33. The van der Waals surface area contributed by atoms with Crippen molar-refractivity contribution in [2.45, 2.75) is 13.3 Å². The van der Waals surface area contributed by atoms with Gasteiger partial charge in [0.2, 0.25) is 11.8 Å². The van der Waals surface area contributed by atoms with Crippen LogP contribution in [0, 0.1) is 12.7 Å². The fourth-order valence-corrected chi connectivity index (χ4v) is 2.74. The van der Waals surface area contributed by atoms with Gasteiger partial charge in [-0.1, -0.05) is 28.1 Å². The first-order chi connectivity index (χ1) is 12.4. The van der Waals surface area contributed by atoms with E-state index in [2.05, 4.69) is 21.2 Å². The molecule has 0 fully saturated rings. The summed E-state index contributed by atoms with van der Waals surface area (Å²) in [6.45, 7) is 1.85. The minimum Gasteiger partial charge on any atom is -0.490 e. The van der Waals surface area contributed by atoms with E-state index in [-0.39, 0.29) is 37.1 Å². The summed E-state index contributed by atoms with van der Waals surface area (Å²) in [6, 6.07) is 11.5. The van der Waals surface area contributed by atoms with Gasteiger partial charge in [0.1, 0.15) is 0 Å². The Morgan fingerprint density at radius 2 is 1.96 bits per heavy atom. The van der Waals surface area contributed by atoms with Crippen LogP contribution in [-0.4, -0.2) is 36.9 Å². The van der Waals surface area contributed by atoms with Gasteiger partial charge in [0, 0.05) is 17.2 Å². The zero-order valence-electron chi connectivity index (χ0n) is 14.6. The van der Waals surface area contributed by atoms with Gasteiger partial charge >= 0.3 is 0 Å². The lowest BCUT2D eigenvalue weighted by atomic mass is 10.2. The molecule has 0 saturated carbocycles. The second-order valence-corrected chi connectivity index (χ2v) is 6.70. The van der Waals surface area contributed by atoms with Crippen molar-refractivity contribution in [1.82, 2.24) is 4.90 Å². The predicted molar refractivity (Wildman–Crippen MR) is 102 cm³/mol. The highest BCUT2D eigenvalue weighted by atomic mass is 79.9. The molecule has 2 amide bonds. The van der Waals surface area contributed by atoms with Gasteiger partial charge in [0.05, 0.1) is 19.6 Å². The van der Waals surface area contributed by atoms with Crippen LogP contribution in [0.3, 0.4) is 0 Å². The highest BCUT2D eigenvalue weighted by Gasteiger charge is 2.14. The molecule has 0 bridgehead atoms. The van der Waals surface area contributed by atoms with Crippen molar-refractivity contribution < 1.29 is 18.7 Å². The number of halogens is 2. The van der Waals surface area contributed by atoms with E-state index in [0.717, 1.165) is 10.0 Å². The highest BCUT2D eigenvalue weighted by Crippen LogP contribution is 2.20. The van der Waals surface area contributed by atoms with Crippen LogP contribution >= 0.6 is 15.9 Å². The van der Waals surface area contributed by atoms with Gasteiger partial charge in [-0.15, -0.1) is 0 Å². The molecule has 0 unspecified atom stereocenters. The van der Waals surface area contributed by atoms with Gasteiger partial charge in [0.25, 0.3) is 0 Å². The molecular weight excluding hydrogens is 403 g/mol. The summed E-state index contributed by atoms with van der Waals surface area (Å²) in [5, 5.41) is 2.78. The number of likely N-dealkylation sites (N-methyl/N-ethyl adjacent to an activating group) is 1. The van der Waals surface area contributed by atoms with E-state index in [1.807, 2.05) is 19.1 Å². The number of rotatable bonds is 7. The lowest BCUT2D eigenvalue weighted by Gasteiger charge is -2.17. The van der Waals surface area contributed by atoms with Crippen molar-refractivity contribution in [3.05, 3.63) is 58.3 Å². The smallest absolute Gasteiger partial charge is 0.243 e. The summed E-state index contributed by atoms with van der Waals surface area (Å²) in [5.41, 5.74) is 1.61. The Balaban J connectivity index is 1.79. The van der Waals surface area contributed by atoms with Gasteiger partial charge in [0.15, 0.2) is 11.6 Å². The van der Waals surface area contributed by atoms with Crippen molar-refractivity contribution in [2.75, 3.05) is 25.5 Å². The van der Waals surface area contributed by atoms with Gasteiger partial charge in [-0.2, -0.15) is 0 Å². The Labute approximate surface area is 160 Å². The van der Waals surface area contributed by atoms with Gasteiger partial charge in [-0.05, 0) is 42.8 Å². The van der Waals surface area contributed by atoms with E-state index in [0.29, 0.717) is 5.69 Å². The van der Waals surface area contributed by atoms with Crippen molar-refractivity contribution in [1.29, 1.82) is 0 Å². The number of para-hydroxylation sites is 1. The first-order valence-electron chi connectivity index (χ1n) is 8.04. The minimum absolute atomic E-state index is 0.0392. The molecule has 0 aliphatic heterocycles. The lowest BCUT2D eigenvalue weighted by molar-refractivity contribution is -0.133. The van der Waals surface area contributed by atoms with Gasteiger partial charge in [-0.3, -0.25) is 9.59 Å². The maximum atomic E-state index is 13.4. The molecule has 0 aliphatic carbocycles. The molecule has 5 nitrogen and oxygen atoms in total. The molecule has 2 rings (SSSR count). The van der Waals surface area contributed by atoms with Gasteiger partial charge < -0.3 is 15.0 Å². The van der Waals surface area contributed by atoms with Crippen LogP contribution < -0.4 is 10.1 Å². The van der Waals surface area contributed by atoms with Crippen molar-refractivity contribution >= 4 is 33.4 Å². The summed E-state index contributed by atoms with van der Waals surface area (Å²) >= 11 is 3.37. The molecule has 26 heavy (non-hydrogen) atoms. The maximum absolute atomic E-state index is 13.4. The summed E-state index contributed by atoms with van der Waals surface area (Å²) < 4.78 is 19.6. The van der Waals surface area contributed by atoms with Gasteiger partial charge in [-0.25, -0.2) is 4.39 Å². The van der Waals surface area contributed by atoms with Crippen molar-refractivity contribution in [3.8, 4) is 5.75 Å². The summed E-state index contributed by atoms with van der Waals surface area (Å²) in [7, 11) is 1.54. The molecule has 0 heterocycles. The van der Waals surface area contributed by atoms with Crippen LogP contribution in [0.2, 0.25) is 0 Å². The third kappa shape index (κ3) is 5.84. The Morgan fingerprint density at radius 1 is 1.23 bits per heavy atom. The number of hydrogen-bond acceptors (Lipinski definition) is 3. The van der Waals surface area contributed by atoms with Crippen molar-refractivity contribution in [2.24, 2.45) is 0 Å². The minimum atomic E-state index is -0.474. The average molecular weight is 423 g/mol. The molecule has 0 radical (unpaired) electrons. The van der Waals surface area contributed by atoms with E-state index >= 15 is 0 Å². The molecule has 7 heteroatoms. The number of amides is 2. The monoisotopic (exact) mass is 422 g/mol. The maximum Gasteiger partial charge on any atom is 0.243 e. The number of ether oxygens (including phenoxy) is 1. The third-order valence-electron chi connectivity index (χ3n) is 3.68. The first-order valence-corrected chi connectivity index (χ1v) is 8.83. The number of anilines is 1. The zero-order valence-corrected chi connectivity index (χ0v) is 16.2. The van der Waals surface area contributed by atoms with Crippen molar-refractivity contribution in [3.63, 3.8) is 0 Å². The lowest BCUT2D eigenvalue weighted by Crippen LogP contribution is -2.35.